The summed E-state index contributed by atoms with van der Waals surface area (Å²) in [6, 6.07) is 15.1. The first-order chi connectivity index (χ1) is 13.6. The van der Waals surface area contributed by atoms with Crippen LogP contribution in [0.5, 0.6) is 5.75 Å². The summed E-state index contributed by atoms with van der Waals surface area (Å²) < 4.78 is 5.20. The molecule has 0 radical (unpaired) electrons. The van der Waals surface area contributed by atoms with Crippen LogP contribution in [0.4, 0.5) is 5.69 Å². The van der Waals surface area contributed by atoms with E-state index in [2.05, 4.69) is 19.2 Å². The largest absolute Gasteiger partial charge is 0.495 e. The van der Waals surface area contributed by atoms with E-state index in [1.807, 2.05) is 36.4 Å². The Kier molecular flexibility index (Phi) is 9.32. The molecule has 0 aromatic heterocycles. The van der Waals surface area contributed by atoms with E-state index in [0.29, 0.717) is 16.5 Å². The number of hydrogen-bond acceptors (Lipinski definition) is 2. The molecule has 2 rings (SSSR count). The van der Waals surface area contributed by atoms with Crippen LogP contribution in [0.25, 0.3) is 0 Å². The first kappa shape index (κ1) is 22.3. The number of unbranched alkanes of at least 4 members (excludes halogenated alkanes) is 2. The molecule has 0 heterocycles. The molecule has 0 aliphatic carbocycles. The molecule has 0 aliphatic heterocycles. The number of methoxy groups -OCH3 is 1. The minimum atomic E-state index is -0.250. The third kappa shape index (κ3) is 6.25. The Morgan fingerprint density at radius 3 is 2.25 bits per heavy atom. The highest BCUT2D eigenvalue weighted by Crippen LogP contribution is 2.27. The molecule has 0 fully saturated rings. The highest BCUT2D eigenvalue weighted by Gasteiger charge is 2.31. The number of nitrogens with one attached hydrogen (secondary N) is 2. The summed E-state index contributed by atoms with van der Waals surface area (Å²) in [6.45, 7) is 6.34. The Labute approximate surface area is 173 Å². The van der Waals surface area contributed by atoms with Crippen molar-refractivity contribution in [3.63, 3.8) is 0 Å². The number of rotatable bonds is 11. The maximum absolute atomic E-state index is 13.3. The normalized spacial score (nSPS) is 12.0. The van der Waals surface area contributed by atoms with Crippen LogP contribution < -0.4 is 15.0 Å². The second kappa shape index (κ2) is 11.7. The van der Waals surface area contributed by atoms with Crippen LogP contribution >= 0.6 is 11.6 Å². The molecule has 1 amide bonds. The number of halogens is 1. The zero-order chi connectivity index (χ0) is 20.4. The highest BCUT2D eigenvalue weighted by atomic mass is 35.5. The molecular formula is C23H32ClN2O2+. The highest BCUT2D eigenvalue weighted by molar-refractivity contribution is 6.32. The Morgan fingerprint density at radius 2 is 1.71 bits per heavy atom. The molecule has 0 saturated heterocycles. The number of carbonyl (C=O) groups excluding carboxylic acids is 1. The van der Waals surface area contributed by atoms with Crippen molar-refractivity contribution in [3.8, 4) is 5.75 Å². The van der Waals surface area contributed by atoms with Gasteiger partial charge in [0.25, 0.3) is 5.91 Å². The van der Waals surface area contributed by atoms with Crippen LogP contribution in [0, 0.1) is 0 Å². The fourth-order valence-corrected chi connectivity index (χ4v) is 3.66. The second-order valence-electron chi connectivity index (χ2n) is 7.05. The average molecular weight is 404 g/mol. The summed E-state index contributed by atoms with van der Waals surface area (Å²) in [5, 5.41) is 3.55. The van der Waals surface area contributed by atoms with Gasteiger partial charge in [0.2, 0.25) is 0 Å². The standard InChI is InChI=1S/C23H31ClN2O2/c1-4-6-15-26(16-7-5-2)22(18-11-9-8-10-12-18)23(27)25-19-13-14-21(28-3)20(24)17-19/h8-14,17,22H,4-7,15-16H2,1-3H3,(H,25,27)/p+1/t22-/m1/s1. The summed E-state index contributed by atoms with van der Waals surface area (Å²) in [4.78, 5) is 14.7. The predicted molar refractivity (Wildman–Crippen MR) is 116 cm³/mol. The van der Waals surface area contributed by atoms with Gasteiger partial charge in [0.05, 0.1) is 25.2 Å². The van der Waals surface area contributed by atoms with Gasteiger partial charge in [0.15, 0.2) is 6.04 Å². The zero-order valence-electron chi connectivity index (χ0n) is 17.1. The van der Waals surface area contributed by atoms with Crippen LogP contribution in [0.3, 0.4) is 0 Å². The van der Waals surface area contributed by atoms with Crippen molar-refractivity contribution in [3.05, 3.63) is 59.1 Å². The molecule has 2 N–H and O–H groups in total. The number of hydrogen-bond donors (Lipinski definition) is 2. The van der Waals surface area contributed by atoms with Gasteiger partial charge >= 0.3 is 0 Å². The van der Waals surface area contributed by atoms with Gasteiger partial charge in [-0.25, -0.2) is 0 Å². The summed E-state index contributed by atoms with van der Waals surface area (Å²) in [6.07, 6.45) is 4.44. The molecule has 1 atom stereocenters. The van der Waals surface area contributed by atoms with E-state index in [9.17, 15) is 4.79 Å². The van der Waals surface area contributed by atoms with Crippen molar-refractivity contribution in [1.29, 1.82) is 0 Å². The smallest absolute Gasteiger partial charge is 0.287 e. The minimum Gasteiger partial charge on any atom is -0.495 e. The molecule has 0 saturated carbocycles. The maximum Gasteiger partial charge on any atom is 0.287 e. The Balaban J connectivity index is 2.28. The van der Waals surface area contributed by atoms with Gasteiger partial charge in [-0.2, -0.15) is 0 Å². The zero-order valence-corrected chi connectivity index (χ0v) is 17.9. The number of anilines is 1. The number of ether oxygens (including phenoxy) is 1. The number of benzene rings is 2. The van der Waals surface area contributed by atoms with E-state index in [4.69, 9.17) is 16.3 Å². The molecule has 152 valence electrons. The SMILES string of the molecule is CCCC[NH+](CCCC)[C@@H](C(=O)Nc1ccc(OC)c(Cl)c1)c1ccccc1. The molecule has 28 heavy (non-hydrogen) atoms. The molecule has 2 aromatic rings. The molecular weight excluding hydrogens is 372 g/mol. The van der Waals surface area contributed by atoms with Gasteiger partial charge in [-0.1, -0.05) is 68.6 Å². The summed E-state index contributed by atoms with van der Waals surface area (Å²) in [5.74, 6) is 0.590. The predicted octanol–water partition coefficient (Wildman–Crippen LogP) is 4.51. The lowest BCUT2D eigenvalue weighted by Crippen LogP contribution is -3.13. The summed E-state index contributed by atoms with van der Waals surface area (Å²) in [7, 11) is 1.58. The quantitative estimate of drug-likeness (QED) is 0.579. The number of amides is 1. The molecule has 0 unspecified atom stereocenters. The number of carbonyl (C=O) groups is 1. The van der Waals surface area contributed by atoms with Crippen molar-refractivity contribution in [1.82, 2.24) is 0 Å². The van der Waals surface area contributed by atoms with Crippen molar-refractivity contribution in [2.45, 2.75) is 45.6 Å². The van der Waals surface area contributed by atoms with Crippen LogP contribution in [0.2, 0.25) is 5.02 Å². The van der Waals surface area contributed by atoms with Crippen LogP contribution in [0.15, 0.2) is 48.5 Å². The lowest BCUT2D eigenvalue weighted by atomic mass is 10.0. The average Bonchev–Trinajstić information content (AvgIpc) is 2.70. The topological polar surface area (TPSA) is 42.8 Å². The molecule has 5 heteroatoms. The third-order valence-corrected chi connectivity index (χ3v) is 5.22. The number of quaternary nitrogens is 1. The molecule has 0 spiro atoms. The van der Waals surface area contributed by atoms with E-state index < -0.39 is 0 Å². The van der Waals surface area contributed by atoms with Gasteiger partial charge in [0, 0.05) is 11.3 Å². The van der Waals surface area contributed by atoms with Crippen LogP contribution in [-0.2, 0) is 4.79 Å². The van der Waals surface area contributed by atoms with E-state index >= 15 is 0 Å². The molecule has 0 aliphatic rings. The van der Waals surface area contributed by atoms with Crippen molar-refractivity contribution in [2.24, 2.45) is 0 Å². The van der Waals surface area contributed by atoms with E-state index in [1.54, 1.807) is 19.2 Å². The Bertz CT molecular complexity index is 729. The van der Waals surface area contributed by atoms with Crippen molar-refractivity contribution in [2.75, 3.05) is 25.5 Å². The molecule has 2 aromatic carbocycles. The summed E-state index contributed by atoms with van der Waals surface area (Å²) >= 11 is 6.23. The van der Waals surface area contributed by atoms with Crippen molar-refractivity contribution < 1.29 is 14.4 Å². The van der Waals surface area contributed by atoms with Crippen LogP contribution in [-0.4, -0.2) is 26.1 Å². The van der Waals surface area contributed by atoms with Crippen molar-refractivity contribution >= 4 is 23.2 Å². The Hall–Kier alpha value is -2.04. The lowest BCUT2D eigenvalue weighted by molar-refractivity contribution is -0.922. The van der Waals surface area contributed by atoms with Gasteiger partial charge in [0.1, 0.15) is 5.75 Å². The Morgan fingerprint density at radius 1 is 1.07 bits per heavy atom. The van der Waals surface area contributed by atoms with Gasteiger partial charge in [-0.3, -0.25) is 4.79 Å². The van der Waals surface area contributed by atoms with Gasteiger partial charge < -0.3 is 15.0 Å². The fourth-order valence-electron chi connectivity index (χ4n) is 3.40. The van der Waals surface area contributed by atoms with Gasteiger partial charge in [-0.15, -0.1) is 0 Å². The van der Waals surface area contributed by atoms with E-state index in [-0.39, 0.29) is 11.9 Å². The molecule has 4 nitrogen and oxygen atoms in total. The first-order valence-electron chi connectivity index (χ1n) is 10.1. The van der Waals surface area contributed by atoms with E-state index in [1.165, 1.54) is 4.90 Å². The van der Waals surface area contributed by atoms with Crippen LogP contribution in [0.1, 0.15) is 51.1 Å². The maximum atomic E-state index is 13.3. The molecule has 0 bridgehead atoms. The monoisotopic (exact) mass is 403 g/mol. The first-order valence-corrected chi connectivity index (χ1v) is 10.5. The second-order valence-corrected chi connectivity index (χ2v) is 7.45. The fraction of sp³-hybridized carbons (Fsp3) is 0.435. The van der Waals surface area contributed by atoms with E-state index in [0.717, 1.165) is 44.3 Å². The minimum absolute atomic E-state index is 0.00496. The summed E-state index contributed by atoms with van der Waals surface area (Å²) in [5.41, 5.74) is 1.73. The van der Waals surface area contributed by atoms with Gasteiger partial charge in [-0.05, 0) is 31.0 Å². The lowest BCUT2D eigenvalue weighted by Gasteiger charge is -2.28. The third-order valence-electron chi connectivity index (χ3n) is 4.93.